The Morgan fingerprint density at radius 1 is 1.85 bits per heavy atom. The molecular weight excluding hydrogens is 236 g/mol. The summed E-state index contributed by atoms with van der Waals surface area (Å²) in [6.45, 7) is -0.104. The zero-order valence-electron chi connectivity index (χ0n) is 7.13. The van der Waals surface area contributed by atoms with Crippen LogP contribution in [-0.4, -0.2) is 22.7 Å². The molecule has 0 unspecified atom stereocenters. The first-order chi connectivity index (χ1) is 6.11. The van der Waals surface area contributed by atoms with Crippen LogP contribution < -0.4 is 11.2 Å². The number of nitrogen functional groups attached to an aromatic ring is 1. The van der Waals surface area contributed by atoms with E-state index < -0.39 is 0 Å². The van der Waals surface area contributed by atoms with E-state index in [0.717, 1.165) is 0 Å². The van der Waals surface area contributed by atoms with E-state index in [1.165, 1.54) is 0 Å². The van der Waals surface area contributed by atoms with Crippen LogP contribution in [0.5, 0.6) is 0 Å². The van der Waals surface area contributed by atoms with Crippen LogP contribution in [0, 0.1) is 5.41 Å². The van der Waals surface area contributed by atoms with E-state index in [-0.39, 0.29) is 12.4 Å². The van der Waals surface area contributed by atoms with E-state index in [1.807, 2.05) is 0 Å². The van der Waals surface area contributed by atoms with E-state index in [2.05, 4.69) is 21.4 Å². The molecule has 72 valence electrons. The first-order valence-electron chi connectivity index (χ1n) is 3.65. The summed E-state index contributed by atoms with van der Waals surface area (Å²) in [6.07, 6.45) is 0. The molecule has 0 bridgehead atoms. The highest BCUT2D eigenvalue weighted by Gasteiger charge is 2.13. The number of aliphatic hydroxyl groups is 1. The number of nitrogens with zero attached hydrogens (tertiary/aromatic N) is 1. The van der Waals surface area contributed by atoms with Crippen molar-refractivity contribution in [3.63, 3.8) is 0 Å². The standard InChI is InChI=1S/C7H11BrN4O/c1-11-12-4(3-13)2-5(8)6(12)7(9)10/h2,11,13H,3H2,1H3,(H3,9,10). The summed E-state index contributed by atoms with van der Waals surface area (Å²) in [6, 6.07) is 1.72. The maximum Gasteiger partial charge on any atom is 0.142 e. The molecule has 1 aromatic heterocycles. The normalized spacial score (nSPS) is 10.1. The number of rotatable bonds is 3. The maximum atomic E-state index is 8.98. The minimum Gasteiger partial charge on any atom is -0.390 e. The van der Waals surface area contributed by atoms with E-state index in [9.17, 15) is 0 Å². The molecule has 1 heterocycles. The Bertz CT molecular complexity index is 333. The molecule has 0 aliphatic carbocycles. The Hall–Kier alpha value is -1.01. The molecule has 5 nitrogen and oxygen atoms in total. The lowest BCUT2D eigenvalue weighted by atomic mass is 10.4. The third-order valence-electron chi connectivity index (χ3n) is 1.67. The first kappa shape index (κ1) is 10.1. The van der Waals surface area contributed by atoms with Gasteiger partial charge < -0.3 is 16.3 Å². The topological polar surface area (TPSA) is 87.1 Å². The molecule has 1 rings (SSSR count). The molecule has 0 spiro atoms. The summed E-state index contributed by atoms with van der Waals surface area (Å²) >= 11 is 3.26. The fourth-order valence-corrected chi connectivity index (χ4v) is 1.81. The number of nitrogens with one attached hydrogen (secondary N) is 2. The summed E-state index contributed by atoms with van der Waals surface area (Å²) in [5.74, 6) is -0.0547. The Morgan fingerprint density at radius 2 is 2.46 bits per heavy atom. The van der Waals surface area contributed by atoms with E-state index in [1.54, 1.807) is 17.8 Å². The number of amidine groups is 1. The van der Waals surface area contributed by atoms with Gasteiger partial charge in [-0.05, 0) is 22.0 Å². The second-order valence-electron chi connectivity index (χ2n) is 2.46. The molecule has 0 saturated heterocycles. The quantitative estimate of drug-likeness (QED) is 0.454. The molecule has 13 heavy (non-hydrogen) atoms. The second kappa shape index (κ2) is 3.80. The molecule has 0 atom stereocenters. The van der Waals surface area contributed by atoms with E-state index in [4.69, 9.17) is 16.2 Å². The predicted molar refractivity (Wildman–Crippen MR) is 54.4 cm³/mol. The molecule has 0 amide bonds. The van der Waals surface area contributed by atoms with Gasteiger partial charge in [-0.1, -0.05) is 0 Å². The molecule has 1 aromatic rings. The molecular formula is C7H11BrN4O. The van der Waals surface area contributed by atoms with Crippen LogP contribution in [0.1, 0.15) is 11.4 Å². The third-order valence-corrected chi connectivity index (χ3v) is 2.28. The average Bonchev–Trinajstić information content (AvgIpc) is 2.41. The number of aliphatic hydroxyl groups excluding tert-OH is 1. The van der Waals surface area contributed by atoms with Crippen LogP contribution in [0.15, 0.2) is 10.5 Å². The van der Waals surface area contributed by atoms with Gasteiger partial charge in [-0.25, -0.2) is 0 Å². The average molecular weight is 247 g/mol. The molecule has 0 aromatic carbocycles. The van der Waals surface area contributed by atoms with Gasteiger partial charge in [0.1, 0.15) is 11.5 Å². The monoisotopic (exact) mass is 246 g/mol. The summed E-state index contributed by atoms with van der Waals surface area (Å²) in [4.78, 5) is 0. The number of halogens is 1. The lowest BCUT2D eigenvalue weighted by Gasteiger charge is -2.09. The Balaban J connectivity index is 3.31. The molecule has 0 saturated carbocycles. The van der Waals surface area contributed by atoms with Crippen molar-refractivity contribution < 1.29 is 5.11 Å². The van der Waals surface area contributed by atoms with E-state index in [0.29, 0.717) is 15.9 Å². The molecule has 0 radical (unpaired) electrons. The summed E-state index contributed by atoms with van der Waals surface area (Å²) < 4.78 is 2.25. The smallest absolute Gasteiger partial charge is 0.142 e. The number of aromatic nitrogens is 1. The van der Waals surface area contributed by atoms with Gasteiger partial charge in [0.2, 0.25) is 0 Å². The van der Waals surface area contributed by atoms with Crippen molar-refractivity contribution in [2.24, 2.45) is 5.73 Å². The Kier molecular flexibility index (Phi) is 2.94. The van der Waals surface area contributed by atoms with E-state index >= 15 is 0 Å². The minimum atomic E-state index is -0.104. The molecule has 0 aliphatic rings. The van der Waals surface area contributed by atoms with Crippen LogP contribution in [0.3, 0.4) is 0 Å². The highest BCUT2D eigenvalue weighted by molar-refractivity contribution is 9.10. The van der Waals surface area contributed by atoms with Gasteiger partial charge >= 0.3 is 0 Å². The Labute approximate surface area is 84.2 Å². The van der Waals surface area contributed by atoms with Gasteiger partial charge in [0.05, 0.1) is 12.3 Å². The lowest BCUT2D eigenvalue weighted by molar-refractivity contribution is 0.273. The summed E-state index contributed by atoms with van der Waals surface area (Å²) in [5.41, 5.74) is 9.37. The fourth-order valence-electron chi connectivity index (χ4n) is 1.15. The first-order valence-corrected chi connectivity index (χ1v) is 4.44. The van der Waals surface area contributed by atoms with Gasteiger partial charge in [-0.3, -0.25) is 10.1 Å². The highest BCUT2D eigenvalue weighted by atomic mass is 79.9. The van der Waals surface area contributed by atoms with Crippen LogP contribution in [0.25, 0.3) is 0 Å². The second-order valence-corrected chi connectivity index (χ2v) is 3.32. The van der Waals surface area contributed by atoms with Crippen molar-refractivity contribution >= 4 is 21.8 Å². The lowest BCUT2D eigenvalue weighted by Crippen LogP contribution is -2.23. The van der Waals surface area contributed by atoms with Crippen molar-refractivity contribution in [3.8, 4) is 0 Å². The summed E-state index contributed by atoms with van der Waals surface area (Å²) in [5, 5.41) is 16.3. The maximum absolute atomic E-state index is 8.98. The van der Waals surface area contributed by atoms with Crippen LogP contribution >= 0.6 is 15.9 Å². The van der Waals surface area contributed by atoms with Crippen LogP contribution in [0.4, 0.5) is 0 Å². The molecule has 0 aliphatic heterocycles. The zero-order valence-corrected chi connectivity index (χ0v) is 8.72. The van der Waals surface area contributed by atoms with Gasteiger partial charge in [-0.15, -0.1) is 0 Å². The summed E-state index contributed by atoms with van der Waals surface area (Å²) in [7, 11) is 1.69. The third kappa shape index (κ3) is 1.68. The van der Waals surface area contributed by atoms with Gasteiger partial charge in [-0.2, -0.15) is 0 Å². The van der Waals surface area contributed by atoms with Gasteiger partial charge in [0, 0.05) is 11.5 Å². The molecule has 5 N–H and O–H groups in total. The van der Waals surface area contributed by atoms with Gasteiger partial charge in [0.25, 0.3) is 0 Å². The largest absolute Gasteiger partial charge is 0.390 e. The van der Waals surface area contributed by atoms with Crippen molar-refractivity contribution in [1.29, 1.82) is 5.41 Å². The number of hydrogen-bond acceptors (Lipinski definition) is 3. The van der Waals surface area contributed by atoms with Crippen molar-refractivity contribution in [2.75, 3.05) is 12.5 Å². The van der Waals surface area contributed by atoms with Crippen LogP contribution in [-0.2, 0) is 6.61 Å². The van der Waals surface area contributed by atoms with Gasteiger partial charge in [0.15, 0.2) is 0 Å². The van der Waals surface area contributed by atoms with Crippen LogP contribution in [0.2, 0.25) is 0 Å². The number of nitrogens with two attached hydrogens (primary N) is 1. The molecule has 0 fully saturated rings. The Morgan fingerprint density at radius 3 is 2.85 bits per heavy atom. The SMILES string of the molecule is CNn1c(CO)cc(Br)c1C(=N)N. The van der Waals surface area contributed by atoms with Crippen molar-refractivity contribution in [2.45, 2.75) is 6.61 Å². The zero-order chi connectivity index (χ0) is 10.0. The van der Waals surface area contributed by atoms with Crippen molar-refractivity contribution in [1.82, 2.24) is 4.68 Å². The highest BCUT2D eigenvalue weighted by Crippen LogP contribution is 2.20. The van der Waals surface area contributed by atoms with Crippen molar-refractivity contribution in [3.05, 3.63) is 21.9 Å². The number of hydrogen-bond donors (Lipinski definition) is 4. The molecule has 6 heteroatoms. The fraction of sp³-hybridized carbons (Fsp3) is 0.286. The minimum absolute atomic E-state index is 0.0547. The predicted octanol–water partition coefficient (Wildman–Crippen LogP) is 0.200.